The molecule has 3 fully saturated rings. The Morgan fingerprint density at radius 1 is 1.05 bits per heavy atom. The summed E-state index contributed by atoms with van der Waals surface area (Å²) in [4.78, 5) is 18.0. The largest absolute Gasteiger partial charge is 0.295 e. The number of hydrogen-bond donors (Lipinski definition) is 0. The zero-order valence-corrected chi connectivity index (χ0v) is 23.4. The summed E-state index contributed by atoms with van der Waals surface area (Å²) in [5, 5.41) is 5.93. The number of thiophene rings is 1. The Balaban J connectivity index is 1.34. The number of carbonyl (C=O) groups is 1. The Labute approximate surface area is 233 Å². The van der Waals surface area contributed by atoms with Crippen LogP contribution in [0.2, 0.25) is 10.0 Å². The van der Waals surface area contributed by atoms with Crippen molar-refractivity contribution in [3.8, 4) is 28.1 Å². The SMILES string of the molecule is Cc1c(C(=O)CN2CC3CCCC3C2)nn(-c2ccc(Cl)cc2Cl)c1-c1ccc(C#CC2CCCC2)s1. The molecule has 1 aromatic carbocycles. The van der Waals surface area contributed by atoms with Gasteiger partial charge in [-0.15, -0.1) is 11.3 Å². The Hall–Kier alpha value is -2.10. The van der Waals surface area contributed by atoms with Crippen LogP contribution < -0.4 is 0 Å². The van der Waals surface area contributed by atoms with Gasteiger partial charge in [0, 0.05) is 29.6 Å². The average molecular weight is 553 g/mol. The van der Waals surface area contributed by atoms with E-state index in [1.165, 1.54) is 44.9 Å². The summed E-state index contributed by atoms with van der Waals surface area (Å²) in [5.74, 6) is 8.95. The lowest BCUT2D eigenvalue weighted by atomic mass is 10.0. The number of benzene rings is 1. The fourth-order valence-electron chi connectivity index (χ4n) is 6.39. The van der Waals surface area contributed by atoms with Gasteiger partial charge in [0.25, 0.3) is 0 Å². The molecule has 2 atom stereocenters. The predicted molar refractivity (Wildman–Crippen MR) is 152 cm³/mol. The standard InChI is InChI=1S/C30H31Cl2N3OS/c1-19-29(27(36)18-34-16-21-7-4-8-22(21)17-34)33-35(26-13-10-23(31)15-25(26)32)30(19)28-14-12-24(37-28)11-9-20-5-2-3-6-20/h10,12-15,20-22H,2-8,16-18H2,1H3. The van der Waals surface area contributed by atoms with Crippen molar-refractivity contribution in [2.75, 3.05) is 19.6 Å². The van der Waals surface area contributed by atoms with Crippen molar-refractivity contribution in [2.24, 2.45) is 17.8 Å². The molecule has 2 saturated carbocycles. The highest BCUT2D eigenvalue weighted by Crippen LogP contribution is 2.39. The monoisotopic (exact) mass is 551 g/mol. The number of Topliss-reactive ketones (excluding diaryl/α,β-unsaturated/α-hetero) is 1. The van der Waals surface area contributed by atoms with Crippen molar-refractivity contribution in [3.05, 3.63) is 56.5 Å². The van der Waals surface area contributed by atoms with E-state index in [2.05, 4.69) is 28.9 Å². The van der Waals surface area contributed by atoms with Gasteiger partial charge in [-0.2, -0.15) is 5.10 Å². The zero-order chi connectivity index (χ0) is 25.5. The van der Waals surface area contributed by atoms with Crippen LogP contribution in [0.15, 0.2) is 30.3 Å². The number of nitrogens with zero attached hydrogens (tertiary/aromatic N) is 3. The van der Waals surface area contributed by atoms with Crippen LogP contribution in [-0.2, 0) is 0 Å². The van der Waals surface area contributed by atoms with Crippen LogP contribution in [0.4, 0.5) is 0 Å². The maximum atomic E-state index is 13.6. The molecule has 1 aliphatic heterocycles. The third-order valence-corrected chi connectivity index (χ3v) is 9.83. The van der Waals surface area contributed by atoms with Crippen molar-refractivity contribution in [3.63, 3.8) is 0 Å². The molecule has 2 aromatic heterocycles. The molecule has 3 aliphatic rings. The van der Waals surface area contributed by atoms with Crippen LogP contribution >= 0.6 is 34.5 Å². The highest BCUT2D eigenvalue weighted by Gasteiger charge is 2.37. The minimum absolute atomic E-state index is 0.0698. The highest BCUT2D eigenvalue weighted by atomic mass is 35.5. The van der Waals surface area contributed by atoms with E-state index in [4.69, 9.17) is 28.3 Å². The average Bonchev–Trinajstić information content (AvgIpc) is 3.67. The number of ketones is 1. The molecule has 192 valence electrons. The fourth-order valence-corrected chi connectivity index (χ4v) is 7.84. The van der Waals surface area contributed by atoms with E-state index in [9.17, 15) is 4.79 Å². The molecule has 0 spiro atoms. The molecular weight excluding hydrogens is 521 g/mol. The maximum Gasteiger partial charge on any atom is 0.197 e. The van der Waals surface area contributed by atoms with Gasteiger partial charge in [0.05, 0.1) is 32.7 Å². The van der Waals surface area contributed by atoms with Gasteiger partial charge in [0.15, 0.2) is 5.78 Å². The normalized spacial score (nSPS) is 21.8. The molecule has 7 heteroatoms. The van der Waals surface area contributed by atoms with Crippen LogP contribution in [0, 0.1) is 36.5 Å². The zero-order valence-electron chi connectivity index (χ0n) is 21.1. The Morgan fingerprint density at radius 2 is 1.81 bits per heavy atom. The van der Waals surface area contributed by atoms with Crippen LogP contribution in [-0.4, -0.2) is 40.1 Å². The van der Waals surface area contributed by atoms with Crippen molar-refractivity contribution in [1.82, 2.24) is 14.7 Å². The molecular formula is C30H31Cl2N3OS. The lowest BCUT2D eigenvalue weighted by Crippen LogP contribution is -2.29. The first-order chi connectivity index (χ1) is 18.0. The number of rotatable bonds is 5. The minimum atomic E-state index is 0.0698. The molecule has 3 aromatic rings. The second kappa shape index (κ2) is 10.6. The second-order valence-corrected chi connectivity index (χ2v) is 12.7. The fraction of sp³-hybridized carbons (Fsp3) is 0.467. The smallest absolute Gasteiger partial charge is 0.197 e. The summed E-state index contributed by atoms with van der Waals surface area (Å²) in [6, 6.07) is 9.55. The van der Waals surface area contributed by atoms with Gasteiger partial charge in [-0.1, -0.05) is 54.3 Å². The number of hydrogen-bond acceptors (Lipinski definition) is 4. The first-order valence-electron chi connectivity index (χ1n) is 13.4. The molecule has 0 amide bonds. The van der Waals surface area contributed by atoms with Gasteiger partial charge in [-0.05, 0) is 74.8 Å². The van der Waals surface area contributed by atoms with E-state index in [0.717, 1.165) is 45.9 Å². The highest BCUT2D eigenvalue weighted by molar-refractivity contribution is 7.16. The molecule has 0 radical (unpaired) electrons. The van der Waals surface area contributed by atoms with E-state index in [1.54, 1.807) is 23.5 Å². The first-order valence-corrected chi connectivity index (χ1v) is 15.0. The van der Waals surface area contributed by atoms with Gasteiger partial charge in [0.2, 0.25) is 0 Å². The number of likely N-dealkylation sites (tertiary alicyclic amines) is 1. The molecule has 1 saturated heterocycles. The lowest BCUT2D eigenvalue weighted by molar-refractivity contribution is 0.0935. The van der Waals surface area contributed by atoms with E-state index < -0.39 is 0 Å². The summed E-state index contributed by atoms with van der Waals surface area (Å²) in [6.45, 7) is 4.47. The van der Waals surface area contributed by atoms with Crippen LogP contribution in [0.5, 0.6) is 0 Å². The molecule has 4 nitrogen and oxygen atoms in total. The molecule has 37 heavy (non-hydrogen) atoms. The minimum Gasteiger partial charge on any atom is -0.295 e. The molecule has 2 unspecified atom stereocenters. The second-order valence-electron chi connectivity index (χ2n) is 10.8. The summed E-state index contributed by atoms with van der Waals surface area (Å²) in [5.41, 5.74) is 3.01. The summed E-state index contributed by atoms with van der Waals surface area (Å²) in [7, 11) is 0. The molecule has 3 heterocycles. The number of halogens is 2. The molecule has 2 aliphatic carbocycles. The molecule has 0 bridgehead atoms. The predicted octanol–water partition coefficient (Wildman–Crippen LogP) is 7.67. The van der Waals surface area contributed by atoms with Gasteiger partial charge in [-0.3, -0.25) is 9.69 Å². The number of carbonyl (C=O) groups excluding carboxylic acids is 1. The lowest BCUT2D eigenvalue weighted by Gasteiger charge is -2.15. The van der Waals surface area contributed by atoms with Gasteiger partial charge < -0.3 is 0 Å². The summed E-state index contributed by atoms with van der Waals surface area (Å²) in [6.07, 6.45) is 8.90. The third kappa shape index (κ3) is 5.14. The first kappa shape index (κ1) is 25.2. The van der Waals surface area contributed by atoms with Gasteiger partial charge >= 0.3 is 0 Å². The molecule has 6 rings (SSSR count). The topological polar surface area (TPSA) is 38.1 Å². The van der Waals surface area contributed by atoms with E-state index in [1.807, 2.05) is 17.7 Å². The third-order valence-electron chi connectivity index (χ3n) is 8.29. The van der Waals surface area contributed by atoms with E-state index >= 15 is 0 Å². The van der Waals surface area contributed by atoms with Gasteiger partial charge in [-0.25, -0.2) is 4.68 Å². The van der Waals surface area contributed by atoms with Crippen LogP contribution in [0.25, 0.3) is 16.3 Å². The van der Waals surface area contributed by atoms with Crippen LogP contribution in [0.3, 0.4) is 0 Å². The quantitative estimate of drug-likeness (QED) is 0.241. The summed E-state index contributed by atoms with van der Waals surface area (Å²) < 4.78 is 1.82. The van der Waals surface area contributed by atoms with Crippen molar-refractivity contribution >= 4 is 40.3 Å². The number of fused-ring (bicyclic) bond motifs is 1. The van der Waals surface area contributed by atoms with Crippen LogP contribution in [0.1, 0.15) is 65.9 Å². The van der Waals surface area contributed by atoms with Crippen molar-refractivity contribution < 1.29 is 4.79 Å². The van der Waals surface area contributed by atoms with Gasteiger partial charge in [0.1, 0.15) is 5.69 Å². The summed E-state index contributed by atoms with van der Waals surface area (Å²) >= 11 is 14.5. The Bertz CT molecular complexity index is 1380. The number of aromatic nitrogens is 2. The maximum absolute atomic E-state index is 13.6. The van der Waals surface area contributed by atoms with E-state index in [0.29, 0.717) is 33.9 Å². The van der Waals surface area contributed by atoms with Crippen molar-refractivity contribution in [1.29, 1.82) is 0 Å². The van der Waals surface area contributed by atoms with Crippen molar-refractivity contribution in [2.45, 2.75) is 51.9 Å². The Kier molecular flexibility index (Phi) is 7.20. The molecule has 0 N–H and O–H groups in total. The van der Waals surface area contributed by atoms with E-state index in [-0.39, 0.29) is 5.78 Å². The Morgan fingerprint density at radius 3 is 2.54 bits per heavy atom.